The van der Waals surface area contributed by atoms with Crippen LogP contribution in [0.15, 0.2) is 29.6 Å². The van der Waals surface area contributed by atoms with Crippen molar-refractivity contribution >= 4 is 27.3 Å². The number of rotatable bonds is 5. The average Bonchev–Trinajstić information content (AvgIpc) is 2.83. The lowest BCUT2D eigenvalue weighted by Gasteiger charge is -2.12. The molecule has 0 saturated heterocycles. The van der Waals surface area contributed by atoms with Crippen LogP contribution in [-0.4, -0.2) is 12.5 Å². The molecule has 3 heteroatoms. The number of fused-ring (bicyclic) bond motifs is 1. The lowest BCUT2D eigenvalue weighted by atomic mass is 10.0. The van der Waals surface area contributed by atoms with E-state index in [4.69, 9.17) is 0 Å². The van der Waals surface area contributed by atoms with Crippen molar-refractivity contribution in [2.45, 2.75) is 26.7 Å². The van der Waals surface area contributed by atoms with Gasteiger partial charge in [0.05, 0.1) is 5.56 Å². The first-order valence-corrected chi connectivity index (χ1v) is 7.38. The molecule has 18 heavy (non-hydrogen) atoms. The van der Waals surface area contributed by atoms with Gasteiger partial charge < -0.3 is 5.32 Å². The molecule has 1 amide bonds. The summed E-state index contributed by atoms with van der Waals surface area (Å²) in [5.41, 5.74) is 0.807. The molecule has 0 atom stereocenters. The van der Waals surface area contributed by atoms with Gasteiger partial charge in [-0.15, -0.1) is 11.3 Å². The Morgan fingerprint density at radius 3 is 2.72 bits per heavy atom. The fourth-order valence-corrected chi connectivity index (χ4v) is 3.00. The largest absolute Gasteiger partial charge is 0.352 e. The number of nitrogens with one attached hydrogen (secondary N) is 1. The molecule has 1 aromatic carbocycles. The minimum atomic E-state index is 0.0550. The van der Waals surface area contributed by atoms with E-state index in [0.29, 0.717) is 5.92 Å². The molecular weight excluding hydrogens is 242 g/mol. The number of benzene rings is 1. The van der Waals surface area contributed by atoms with Crippen LogP contribution in [0.1, 0.15) is 37.0 Å². The number of hydrogen-bond acceptors (Lipinski definition) is 2. The Morgan fingerprint density at radius 2 is 2.00 bits per heavy atom. The summed E-state index contributed by atoms with van der Waals surface area (Å²) in [4.78, 5) is 12.2. The van der Waals surface area contributed by atoms with Crippen LogP contribution in [0.4, 0.5) is 0 Å². The highest BCUT2D eigenvalue weighted by molar-refractivity contribution is 7.17. The van der Waals surface area contributed by atoms with Gasteiger partial charge in [-0.2, -0.15) is 0 Å². The maximum absolute atomic E-state index is 12.2. The molecule has 0 aliphatic heterocycles. The molecule has 0 spiro atoms. The first kappa shape index (κ1) is 13.1. The number of hydrogen-bond donors (Lipinski definition) is 1. The lowest BCUT2D eigenvalue weighted by molar-refractivity contribution is 0.0948. The minimum Gasteiger partial charge on any atom is -0.352 e. The molecule has 1 N–H and O–H groups in total. The van der Waals surface area contributed by atoms with Gasteiger partial charge in [0.2, 0.25) is 0 Å². The average molecular weight is 261 g/mol. The Hall–Kier alpha value is -1.35. The van der Waals surface area contributed by atoms with Crippen LogP contribution in [0.2, 0.25) is 0 Å². The van der Waals surface area contributed by atoms with E-state index in [9.17, 15) is 4.79 Å². The first-order valence-electron chi connectivity index (χ1n) is 6.50. The van der Waals surface area contributed by atoms with Gasteiger partial charge in [-0.1, -0.05) is 44.9 Å². The number of carbonyl (C=O) groups is 1. The molecule has 0 bridgehead atoms. The van der Waals surface area contributed by atoms with Gasteiger partial charge in [0.25, 0.3) is 5.91 Å². The van der Waals surface area contributed by atoms with E-state index in [0.717, 1.165) is 30.3 Å². The van der Waals surface area contributed by atoms with E-state index >= 15 is 0 Å². The van der Waals surface area contributed by atoms with Gasteiger partial charge in [0.15, 0.2) is 0 Å². The summed E-state index contributed by atoms with van der Waals surface area (Å²) < 4.78 is 1.17. The van der Waals surface area contributed by atoms with Crippen LogP contribution in [0.5, 0.6) is 0 Å². The molecule has 1 aromatic heterocycles. The summed E-state index contributed by atoms with van der Waals surface area (Å²) in [6.45, 7) is 5.11. The smallest absolute Gasteiger partial charge is 0.252 e. The third kappa shape index (κ3) is 2.72. The number of amides is 1. The fraction of sp³-hybridized carbons (Fsp3) is 0.400. The van der Waals surface area contributed by atoms with Crippen LogP contribution in [0.3, 0.4) is 0 Å². The molecule has 0 saturated carbocycles. The zero-order chi connectivity index (χ0) is 13.0. The number of carbonyl (C=O) groups excluding carboxylic acids is 1. The van der Waals surface area contributed by atoms with Crippen molar-refractivity contribution in [3.8, 4) is 0 Å². The third-order valence-corrected chi connectivity index (χ3v) is 4.40. The van der Waals surface area contributed by atoms with Crippen molar-refractivity contribution in [1.29, 1.82) is 0 Å². The summed E-state index contributed by atoms with van der Waals surface area (Å²) in [6, 6.07) is 8.05. The van der Waals surface area contributed by atoms with E-state index < -0.39 is 0 Å². The summed E-state index contributed by atoms with van der Waals surface area (Å²) in [6.07, 6.45) is 2.22. The summed E-state index contributed by atoms with van der Waals surface area (Å²) >= 11 is 1.63. The van der Waals surface area contributed by atoms with Crippen molar-refractivity contribution in [2.24, 2.45) is 5.92 Å². The van der Waals surface area contributed by atoms with Crippen molar-refractivity contribution < 1.29 is 4.79 Å². The molecule has 0 aliphatic rings. The Kier molecular flexibility index (Phi) is 4.37. The SMILES string of the molecule is CCC(CC)CNC(=O)c1csc2ccccc12. The van der Waals surface area contributed by atoms with E-state index in [1.54, 1.807) is 11.3 Å². The molecule has 0 radical (unpaired) electrons. The van der Waals surface area contributed by atoms with E-state index in [1.165, 1.54) is 4.70 Å². The lowest BCUT2D eigenvalue weighted by Crippen LogP contribution is -2.28. The topological polar surface area (TPSA) is 29.1 Å². The van der Waals surface area contributed by atoms with E-state index in [1.807, 2.05) is 23.6 Å². The molecule has 96 valence electrons. The second kappa shape index (κ2) is 6.01. The second-order valence-corrected chi connectivity index (χ2v) is 5.45. The Morgan fingerprint density at radius 1 is 1.28 bits per heavy atom. The first-order chi connectivity index (χ1) is 8.76. The van der Waals surface area contributed by atoms with Crippen molar-refractivity contribution in [3.05, 3.63) is 35.2 Å². The van der Waals surface area contributed by atoms with E-state index in [2.05, 4.69) is 25.2 Å². The van der Waals surface area contributed by atoms with Crippen LogP contribution in [0.25, 0.3) is 10.1 Å². The van der Waals surface area contributed by atoms with Crippen molar-refractivity contribution in [2.75, 3.05) is 6.54 Å². The minimum absolute atomic E-state index is 0.0550. The van der Waals surface area contributed by atoms with Gasteiger partial charge in [0, 0.05) is 22.0 Å². The molecule has 0 unspecified atom stereocenters. The Bertz CT molecular complexity index is 528. The van der Waals surface area contributed by atoms with Gasteiger partial charge in [-0.05, 0) is 12.0 Å². The molecule has 0 aliphatic carbocycles. The fourth-order valence-electron chi connectivity index (χ4n) is 2.06. The highest BCUT2D eigenvalue weighted by Gasteiger charge is 2.12. The van der Waals surface area contributed by atoms with Crippen molar-refractivity contribution in [3.63, 3.8) is 0 Å². The Labute approximate surface area is 112 Å². The van der Waals surface area contributed by atoms with Gasteiger partial charge in [-0.25, -0.2) is 0 Å². The molecular formula is C15H19NOS. The highest BCUT2D eigenvalue weighted by Crippen LogP contribution is 2.25. The quantitative estimate of drug-likeness (QED) is 0.863. The standard InChI is InChI=1S/C15H19NOS/c1-3-11(4-2)9-16-15(17)13-10-18-14-8-6-5-7-12(13)14/h5-8,10-11H,3-4,9H2,1-2H3,(H,16,17). The molecule has 2 aromatic rings. The van der Waals surface area contributed by atoms with Crippen molar-refractivity contribution in [1.82, 2.24) is 5.32 Å². The summed E-state index contributed by atoms with van der Waals surface area (Å²) in [7, 11) is 0. The number of thiophene rings is 1. The zero-order valence-corrected chi connectivity index (χ0v) is 11.7. The van der Waals surface area contributed by atoms with Gasteiger partial charge >= 0.3 is 0 Å². The highest BCUT2D eigenvalue weighted by atomic mass is 32.1. The zero-order valence-electron chi connectivity index (χ0n) is 10.9. The molecule has 2 rings (SSSR count). The van der Waals surface area contributed by atoms with Gasteiger partial charge in [-0.3, -0.25) is 4.79 Å². The monoisotopic (exact) mass is 261 g/mol. The molecule has 0 fully saturated rings. The second-order valence-electron chi connectivity index (χ2n) is 4.54. The predicted octanol–water partition coefficient (Wildman–Crippen LogP) is 4.07. The summed E-state index contributed by atoms with van der Waals surface area (Å²) in [5.74, 6) is 0.637. The molecule has 2 nitrogen and oxygen atoms in total. The maximum atomic E-state index is 12.2. The van der Waals surface area contributed by atoms with Crippen LogP contribution < -0.4 is 5.32 Å². The predicted molar refractivity (Wildman–Crippen MR) is 78.2 cm³/mol. The Balaban J connectivity index is 2.09. The summed E-state index contributed by atoms with van der Waals surface area (Å²) in [5, 5.41) is 6.06. The third-order valence-electron chi connectivity index (χ3n) is 3.43. The van der Waals surface area contributed by atoms with Crippen LogP contribution >= 0.6 is 11.3 Å². The van der Waals surface area contributed by atoms with Crippen LogP contribution in [-0.2, 0) is 0 Å². The van der Waals surface area contributed by atoms with Gasteiger partial charge in [0.1, 0.15) is 0 Å². The van der Waals surface area contributed by atoms with Crippen LogP contribution in [0, 0.1) is 5.92 Å². The van der Waals surface area contributed by atoms with E-state index in [-0.39, 0.29) is 5.91 Å². The maximum Gasteiger partial charge on any atom is 0.252 e. The normalized spacial score (nSPS) is 11.1. The molecule has 1 heterocycles.